The molecule has 5 rings (SSSR count). The predicted molar refractivity (Wildman–Crippen MR) is 241 cm³/mol. The number of urea groups is 1. The molecule has 2 unspecified atom stereocenters. The first-order chi connectivity index (χ1) is 29.3. The third-order valence-electron chi connectivity index (χ3n) is 11.2. The highest BCUT2D eigenvalue weighted by Crippen LogP contribution is 2.30. The minimum atomic E-state index is -1.15. The van der Waals surface area contributed by atoms with Crippen molar-refractivity contribution >= 4 is 23.9 Å². The molecule has 0 bridgehead atoms. The Morgan fingerprint density at radius 2 is 1.45 bits per heavy atom. The lowest BCUT2D eigenvalue weighted by molar-refractivity contribution is -0.131. The number of aliphatic hydroxyl groups excluding tert-OH is 1. The number of nitrogens with one attached hydrogen (secondary N) is 3. The van der Waals surface area contributed by atoms with Gasteiger partial charge >= 0.3 is 12.1 Å². The summed E-state index contributed by atoms with van der Waals surface area (Å²) in [6.07, 6.45) is 0.532. The van der Waals surface area contributed by atoms with Crippen LogP contribution in [0.15, 0.2) is 97.2 Å². The molecule has 13 nitrogen and oxygen atoms in total. The number of rotatable bonds is 17. The molecule has 62 heavy (non-hydrogen) atoms. The molecule has 3 heterocycles. The first-order valence-corrected chi connectivity index (χ1v) is 21.5. The van der Waals surface area contributed by atoms with Gasteiger partial charge in [0.05, 0.1) is 37.2 Å². The number of hydrogen-bond acceptors (Lipinski definition) is 8. The highest BCUT2D eigenvalue weighted by molar-refractivity contribution is 5.89. The lowest BCUT2D eigenvalue weighted by Crippen LogP contribution is -2.59. The third-order valence-corrected chi connectivity index (χ3v) is 11.2. The Balaban J connectivity index is 1.41. The Hall–Kier alpha value is -5.82. The molecule has 1 aliphatic rings. The smallest absolute Gasteiger partial charge is 0.407 e. The molecule has 1 aliphatic heterocycles. The summed E-state index contributed by atoms with van der Waals surface area (Å²) in [5, 5.41) is 21.2. The van der Waals surface area contributed by atoms with E-state index in [9.17, 15) is 24.3 Å². The van der Waals surface area contributed by atoms with E-state index in [2.05, 4.69) is 34.8 Å². The van der Waals surface area contributed by atoms with Crippen molar-refractivity contribution in [3.63, 3.8) is 0 Å². The first-order valence-electron chi connectivity index (χ1n) is 21.5. The van der Waals surface area contributed by atoms with Crippen LogP contribution in [-0.2, 0) is 33.7 Å². The second-order valence-corrected chi connectivity index (χ2v) is 18.7. The van der Waals surface area contributed by atoms with Crippen LogP contribution in [0.1, 0.15) is 90.2 Å². The summed E-state index contributed by atoms with van der Waals surface area (Å²) in [5.41, 5.74) is 3.93. The molecule has 13 heteroatoms. The van der Waals surface area contributed by atoms with Gasteiger partial charge in [0, 0.05) is 36.6 Å². The zero-order chi connectivity index (χ0) is 45.2. The summed E-state index contributed by atoms with van der Waals surface area (Å²) >= 11 is 0. The average Bonchev–Trinajstić information content (AvgIpc) is 3.57. The van der Waals surface area contributed by atoms with E-state index >= 15 is 0 Å². The largest absolute Gasteiger partial charge is 0.453 e. The standard InChI is InChI=1S/C49H65N7O6/c1-32(2)38-20-15-18-36(51-38)31-55-26-27-56(47(55)61)43(49(6,7)8)45(59)53-40(29-33-16-11-10-12-17-33)41(57)30-37(52-44(58)42(48(3,4)5)54-46(60)62-9)28-34-21-23-35(24-22-34)39-19-13-14-25-50-39/h10-25,32,37,40-43,57H,26-31H2,1-9H3,(H,52,58)(H,53,59)(H,54,60)/t37-,40+,41+,42?,43?/m1/s1. The lowest BCUT2D eigenvalue weighted by Gasteiger charge is -2.38. The van der Waals surface area contributed by atoms with Gasteiger partial charge in [0.15, 0.2) is 0 Å². The number of amides is 5. The number of aliphatic hydroxyl groups is 1. The number of ether oxygens (including phenoxy) is 1. The highest BCUT2D eigenvalue weighted by atomic mass is 16.5. The SMILES string of the molecule is COC(=O)NC(C(=O)N[C@H](Cc1ccc(-c2ccccn2)cc1)C[C@H](O)[C@H](Cc1ccccc1)NC(=O)C(N1CCN(Cc2cccc(C(C)C)n2)C1=O)C(C)(C)C)C(C)(C)C. The second-order valence-electron chi connectivity index (χ2n) is 18.7. The first kappa shape index (κ1) is 47.2. The van der Waals surface area contributed by atoms with Crippen LogP contribution in [0.4, 0.5) is 9.59 Å². The van der Waals surface area contributed by atoms with Crippen molar-refractivity contribution in [3.05, 3.63) is 120 Å². The third kappa shape index (κ3) is 12.9. The van der Waals surface area contributed by atoms with Crippen molar-refractivity contribution in [1.82, 2.24) is 35.7 Å². The van der Waals surface area contributed by atoms with E-state index in [0.29, 0.717) is 26.1 Å². The monoisotopic (exact) mass is 847 g/mol. The number of hydrogen-bond donors (Lipinski definition) is 4. The fourth-order valence-electron chi connectivity index (χ4n) is 7.92. The van der Waals surface area contributed by atoms with Gasteiger partial charge in [0.25, 0.3) is 0 Å². The second kappa shape index (κ2) is 20.8. The van der Waals surface area contributed by atoms with Gasteiger partial charge in [-0.2, -0.15) is 0 Å². The number of aromatic nitrogens is 2. The number of carbonyl (C=O) groups is 4. The number of pyridine rings is 2. The van der Waals surface area contributed by atoms with E-state index in [-0.39, 0.29) is 30.7 Å². The van der Waals surface area contributed by atoms with Crippen LogP contribution < -0.4 is 16.0 Å². The fraction of sp³-hybridized carbons (Fsp3) is 0.469. The zero-order valence-electron chi connectivity index (χ0n) is 37.7. The number of benzene rings is 2. The topological polar surface area (TPSA) is 166 Å². The van der Waals surface area contributed by atoms with Gasteiger partial charge in [-0.3, -0.25) is 19.6 Å². The number of methoxy groups -OCH3 is 1. The van der Waals surface area contributed by atoms with E-state index in [1.54, 1.807) is 16.0 Å². The van der Waals surface area contributed by atoms with Crippen molar-refractivity contribution < 1.29 is 29.0 Å². The van der Waals surface area contributed by atoms with Crippen LogP contribution in [-0.4, -0.2) is 99.3 Å². The van der Waals surface area contributed by atoms with Crippen LogP contribution in [0.25, 0.3) is 11.3 Å². The molecule has 4 aromatic rings. The Kier molecular flexibility index (Phi) is 15.9. The summed E-state index contributed by atoms with van der Waals surface area (Å²) in [6.45, 7) is 16.6. The molecule has 0 radical (unpaired) electrons. The maximum atomic E-state index is 14.7. The maximum absolute atomic E-state index is 14.7. The van der Waals surface area contributed by atoms with E-state index in [0.717, 1.165) is 33.8 Å². The van der Waals surface area contributed by atoms with E-state index < -0.39 is 53.1 Å². The zero-order valence-corrected chi connectivity index (χ0v) is 37.7. The van der Waals surface area contributed by atoms with Crippen molar-refractivity contribution in [1.29, 1.82) is 0 Å². The fourth-order valence-corrected chi connectivity index (χ4v) is 7.92. The molecule has 5 atom stereocenters. The molecular weight excluding hydrogens is 783 g/mol. The minimum absolute atomic E-state index is 0.0552. The predicted octanol–water partition coefficient (Wildman–Crippen LogP) is 6.90. The number of nitrogens with zero attached hydrogens (tertiary/aromatic N) is 4. The summed E-state index contributed by atoms with van der Waals surface area (Å²) < 4.78 is 4.85. The van der Waals surface area contributed by atoms with Crippen LogP contribution in [0, 0.1) is 10.8 Å². The Bertz CT molecular complexity index is 2100. The van der Waals surface area contributed by atoms with E-state index in [1.807, 2.05) is 133 Å². The van der Waals surface area contributed by atoms with Crippen LogP contribution in [0.2, 0.25) is 0 Å². The van der Waals surface area contributed by atoms with Crippen LogP contribution >= 0.6 is 0 Å². The van der Waals surface area contributed by atoms with Gasteiger partial charge in [-0.1, -0.05) is 122 Å². The molecule has 5 amide bonds. The lowest BCUT2D eigenvalue weighted by atomic mass is 9.84. The highest BCUT2D eigenvalue weighted by Gasteiger charge is 2.44. The van der Waals surface area contributed by atoms with Gasteiger partial charge in [-0.05, 0) is 71.4 Å². The Morgan fingerprint density at radius 1 is 0.774 bits per heavy atom. The quantitative estimate of drug-likeness (QED) is 0.0892. The minimum Gasteiger partial charge on any atom is -0.453 e. The summed E-state index contributed by atoms with van der Waals surface area (Å²) in [6, 6.07) is 25.5. The Labute approximate surface area is 367 Å². The van der Waals surface area contributed by atoms with Crippen molar-refractivity contribution in [2.45, 2.75) is 117 Å². The molecule has 1 fully saturated rings. The van der Waals surface area contributed by atoms with E-state index in [1.165, 1.54) is 7.11 Å². The molecule has 0 saturated carbocycles. The van der Waals surface area contributed by atoms with Gasteiger partial charge in [-0.25, -0.2) is 9.59 Å². The molecule has 2 aromatic heterocycles. The molecule has 332 valence electrons. The normalized spacial score (nSPS) is 15.7. The maximum Gasteiger partial charge on any atom is 0.407 e. The molecule has 4 N–H and O–H groups in total. The van der Waals surface area contributed by atoms with Crippen LogP contribution in [0.5, 0.6) is 0 Å². The molecule has 2 aromatic carbocycles. The van der Waals surface area contributed by atoms with Gasteiger partial charge < -0.3 is 35.6 Å². The number of alkyl carbamates (subject to hydrolysis) is 1. The summed E-state index contributed by atoms with van der Waals surface area (Å²) in [7, 11) is 1.24. The molecule has 1 saturated heterocycles. The van der Waals surface area contributed by atoms with Gasteiger partial charge in [0.1, 0.15) is 12.1 Å². The molecule has 0 spiro atoms. The molecule has 0 aliphatic carbocycles. The van der Waals surface area contributed by atoms with Crippen LogP contribution in [0.3, 0.4) is 0 Å². The summed E-state index contributed by atoms with van der Waals surface area (Å²) in [4.78, 5) is 67.8. The van der Waals surface area contributed by atoms with Crippen molar-refractivity contribution in [2.24, 2.45) is 10.8 Å². The molecular formula is C49H65N7O6. The van der Waals surface area contributed by atoms with Gasteiger partial charge in [-0.15, -0.1) is 0 Å². The summed E-state index contributed by atoms with van der Waals surface area (Å²) in [5.74, 6) is -0.577. The Morgan fingerprint density at radius 3 is 2.06 bits per heavy atom. The van der Waals surface area contributed by atoms with E-state index in [4.69, 9.17) is 9.72 Å². The average molecular weight is 848 g/mol. The van der Waals surface area contributed by atoms with Crippen molar-refractivity contribution in [2.75, 3.05) is 20.2 Å². The van der Waals surface area contributed by atoms with Gasteiger partial charge in [0.2, 0.25) is 11.8 Å². The number of carbonyl (C=O) groups excluding carboxylic acids is 4. The van der Waals surface area contributed by atoms with Crippen molar-refractivity contribution in [3.8, 4) is 11.3 Å².